The minimum absolute atomic E-state index is 0.213. The summed E-state index contributed by atoms with van der Waals surface area (Å²) >= 11 is 12.1. The zero-order valence-electron chi connectivity index (χ0n) is 11.7. The molecule has 3 rings (SSSR count). The summed E-state index contributed by atoms with van der Waals surface area (Å²) in [5, 5.41) is 7.88. The fourth-order valence-electron chi connectivity index (χ4n) is 2.44. The van der Waals surface area contributed by atoms with E-state index in [4.69, 9.17) is 23.2 Å². The molecule has 1 aliphatic heterocycles. The lowest BCUT2D eigenvalue weighted by molar-refractivity contribution is 0.204. The average molecular weight is 342 g/mol. The zero-order valence-corrected chi connectivity index (χ0v) is 13.3. The van der Waals surface area contributed by atoms with Crippen molar-refractivity contribution in [2.45, 2.75) is 13.3 Å². The Morgan fingerprint density at radius 1 is 1.27 bits per heavy atom. The number of nitrogens with zero attached hydrogens (tertiary/aromatic N) is 5. The van der Waals surface area contributed by atoms with Crippen molar-refractivity contribution < 1.29 is 4.79 Å². The highest BCUT2D eigenvalue weighted by molar-refractivity contribution is 6.37. The molecule has 1 aromatic heterocycles. The number of hydrogen-bond acceptors (Lipinski definition) is 4. The van der Waals surface area contributed by atoms with E-state index in [1.165, 1.54) is 0 Å². The van der Waals surface area contributed by atoms with Crippen molar-refractivity contribution in [3.05, 3.63) is 38.7 Å². The lowest BCUT2D eigenvalue weighted by Crippen LogP contribution is -2.39. The predicted molar refractivity (Wildman–Crippen MR) is 81.8 cm³/mol. The monoisotopic (exact) mass is 341 g/mol. The Morgan fingerprint density at radius 3 is 2.55 bits per heavy atom. The van der Waals surface area contributed by atoms with Crippen LogP contribution in [0.25, 0.3) is 5.69 Å². The van der Waals surface area contributed by atoms with Crippen molar-refractivity contribution in [1.82, 2.24) is 24.7 Å². The summed E-state index contributed by atoms with van der Waals surface area (Å²) in [4.78, 5) is 26.3. The number of hydrogen-bond donors (Lipinski definition) is 0. The summed E-state index contributed by atoms with van der Waals surface area (Å²) in [6.07, 6.45) is 0.908. The van der Waals surface area contributed by atoms with E-state index < -0.39 is 11.7 Å². The maximum Gasteiger partial charge on any atom is 0.377 e. The molecule has 1 amide bonds. The normalized spacial score (nSPS) is 18.0. The summed E-state index contributed by atoms with van der Waals surface area (Å²) in [5.74, 6) is 0.410. The summed E-state index contributed by atoms with van der Waals surface area (Å²) in [7, 11) is 0. The number of aromatic nitrogens is 4. The smallest absolute Gasteiger partial charge is 0.322 e. The topological polar surface area (TPSA) is 73.0 Å². The molecule has 1 aromatic carbocycles. The number of carbonyl (C=O) groups is 1. The van der Waals surface area contributed by atoms with E-state index >= 15 is 0 Å². The van der Waals surface area contributed by atoms with Crippen LogP contribution in [0.5, 0.6) is 0 Å². The molecule has 0 radical (unpaired) electrons. The van der Waals surface area contributed by atoms with Gasteiger partial charge in [0.2, 0.25) is 0 Å². The van der Waals surface area contributed by atoms with Crippen molar-refractivity contribution in [3.8, 4) is 5.69 Å². The summed E-state index contributed by atoms with van der Waals surface area (Å²) in [6, 6.07) is 4.33. The van der Waals surface area contributed by atoms with Gasteiger partial charge in [-0.15, -0.1) is 4.68 Å². The van der Waals surface area contributed by atoms with Crippen LogP contribution in [0.15, 0.2) is 23.0 Å². The van der Waals surface area contributed by atoms with Crippen LogP contribution in [0.4, 0.5) is 4.79 Å². The lowest BCUT2D eigenvalue weighted by atomic mass is 10.2. The van der Waals surface area contributed by atoms with E-state index in [0.29, 0.717) is 19.0 Å². The van der Waals surface area contributed by atoms with Gasteiger partial charge in [0.05, 0.1) is 10.0 Å². The van der Waals surface area contributed by atoms with Crippen LogP contribution in [-0.2, 0) is 0 Å². The number of carbonyl (C=O) groups excluding carboxylic acids is 1. The summed E-state index contributed by atoms with van der Waals surface area (Å²) < 4.78 is 1.67. The van der Waals surface area contributed by atoms with Gasteiger partial charge in [0.25, 0.3) is 0 Å². The van der Waals surface area contributed by atoms with E-state index in [-0.39, 0.29) is 15.7 Å². The minimum atomic E-state index is -0.695. The molecule has 2 heterocycles. The summed E-state index contributed by atoms with van der Waals surface area (Å²) in [6.45, 7) is 3.26. The van der Waals surface area contributed by atoms with Gasteiger partial charge in [-0.3, -0.25) is 0 Å². The van der Waals surface area contributed by atoms with Crippen LogP contribution in [0.3, 0.4) is 0 Å². The number of para-hydroxylation sites is 1. The van der Waals surface area contributed by atoms with Gasteiger partial charge in [0.15, 0.2) is 0 Å². The van der Waals surface area contributed by atoms with Gasteiger partial charge < -0.3 is 4.90 Å². The number of rotatable bonds is 1. The van der Waals surface area contributed by atoms with Crippen LogP contribution >= 0.6 is 23.2 Å². The molecule has 1 fully saturated rings. The number of benzene rings is 1. The van der Waals surface area contributed by atoms with Crippen molar-refractivity contribution in [2.24, 2.45) is 5.92 Å². The third-order valence-corrected chi connectivity index (χ3v) is 4.22. The molecule has 2 aromatic rings. The Bertz CT molecular complexity index is 765. The molecule has 1 atom stereocenters. The molecule has 7 nitrogen and oxygen atoms in total. The Kier molecular flexibility index (Phi) is 3.92. The maximum absolute atomic E-state index is 12.4. The zero-order chi connectivity index (χ0) is 15.9. The van der Waals surface area contributed by atoms with Crippen LogP contribution in [-0.4, -0.2) is 43.8 Å². The average Bonchev–Trinajstić information content (AvgIpc) is 3.05. The van der Waals surface area contributed by atoms with Crippen molar-refractivity contribution in [3.63, 3.8) is 0 Å². The quantitative estimate of drug-likeness (QED) is 0.744. The minimum Gasteiger partial charge on any atom is -0.322 e. The molecule has 0 aliphatic carbocycles. The number of halogens is 2. The second-order valence-corrected chi connectivity index (χ2v) is 6.09. The Balaban J connectivity index is 1.99. The Labute approximate surface area is 136 Å². The first kappa shape index (κ1) is 15.1. The fourth-order valence-corrected chi connectivity index (χ4v) is 3.00. The third kappa shape index (κ3) is 2.50. The third-order valence-electron chi connectivity index (χ3n) is 3.61. The van der Waals surface area contributed by atoms with Gasteiger partial charge >= 0.3 is 11.7 Å². The summed E-state index contributed by atoms with van der Waals surface area (Å²) in [5.41, 5.74) is -0.482. The van der Waals surface area contributed by atoms with Gasteiger partial charge in [-0.2, -0.15) is 4.68 Å². The van der Waals surface area contributed by atoms with E-state index in [1.54, 1.807) is 23.1 Å². The first-order valence-electron chi connectivity index (χ1n) is 6.77. The molecule has 0 bridgehead atoms. The molecule has 0 spiro atoms. The molecular formula is C13H13Cl2N5O2. The molecule has 116 valence electrons. The first-order valence-corrected chi connectivity index (χ1v) is 7.53. The fraction of sp³-hybridized carbons (Fsp3) is 0.385. The first-order chi connectivity index (χ1) is 10.5. The molecule has 22 heavy (non-hydrogen) atoms. The van der Waals surface area contributed by atoms with Gasteiger partial charge in [-0.25, -0.2) is 9.59 Å². The molecule has 0 N–H and O–H groups in total. The largest absolute Gasteiger partial charge is 0.377 e. The van der Waals surface area contributed by atoms with Gasteiger partial charge in [-0.05, 0) is 34.9 Å². The maximum atomic E-state index is 12.4. The molecule has 1 aliphatic rings. The SMILES string of the molecule is C[C@@H]1CCN(C(=O)n2nnn(-c3c(Cl)cccc3Cl)c2=O)C1. The molecule has 0 saturated carbocycles. The van der Waals surface area contributed by atoms with Crippen molar-refractivity contribution >= 4 is 29.2 Å². The highest BCUT2D eigenvalue weighted by Gasteiger charge is 2.27. The van der Waals surface area contributed by atoms with E-state index in [2.05, 4.69) is 17.4 Å². The number of amides is 1. The highest BCUT2D eigenvalue weighted by atomic mass is 35.5. The van der Waals surface area contributed by atoms with E-state index in [0.717, 1.165) is 15.8 Å². The molecule has 0 unspecified atom stereocenters. The van der Waals surface area contributed by atoms with E-state index in [1.807, 2.05) is 0 Å². The predicted octanol–water partition coefficient (Wildman–Crippen LogP) is 2.05. The second kappa shape index (κ2) is 5.73. The standard InChI is InChI=1S/C13H13Cl2N5O2/c1-8-5-6-18(7-8)12(21)20-13(22)19(16-17-20)11-9(14)3-2-4-10(11)15/h2-4,8H,5-7H2,1H3/t8-/m1/s1. The molecule has 1 saturated heterocycles. The number of likely N-dealkylation sites (tertiary alicyclic amines) is 1. The van der Waals surface area contributed by atoms with Gasteiger partial charge in [-0.1, -0.05) is 36.2 Å². The van der Waals surface area contributed by atoms with Gasteiger partial charge in [0.1, 0.15) is 5.69 Å². The van der Waals surface area contributed by atoms with Crippen LogP contribution in [0.1, 0.15) is 13.3 Å². The molecular weight excluding hydrogens is 329 g/mol. The molecule has 9 heteroatoms. The lowest BCUT2D eigenvalue weighted by Gasteiger charge is -2.13. The Morgan fingerprint density at radius 2 is 1.95 bits per heavy atom. The van der Waals surface area contributed by atoms with Crippen LogP contribution in [0.2, 0.25) is 10.0 Å². The number of tetrazole rings is 1. The van der Waals surface area contributed by atoms with Gasteiger partial charge in [0, 0.05) is 13.1 Å². The van der Waals surface area contributed by atoms with E-state index in [9.17, 15) is 9.59 Å². The Hall–Kier alpha value is -1.86. The van der Waals surface area contributed by atoms with Crippen LogP contribution in [0, 0.1) is 5.92 Å². The van der Waals surface area contributed by atoms with Crippen LogP contribution < -0.4 is 5.69 Å². The van der Waals surface area contributed by atoms with Crippen molar-refractivity contribution in [1.29, 1.82) is 0 Å². The second-order valence-electron chi connectivity index (χ2n) is 5.28. The highest BCUT2D eigenvalue weighted by Crippen LogP contribution is 2.26. The van der Waals surface area contributed by atoms with Crippen molar-refractivity contribution in [2.75, 3.05) is 13.1 Å².